The minimum atomic E-state index is -0.103. The molecule has 1 saturated heterocycles. The normalized spacial score (nSPS) is 14.1. The van der Waals surface area contributed by atoms with Crippen LogP contribution in [0, 0.1) is 0 Å². The van der Waals surface area contributed by atoms with Crippen LogP contribution in [0.25, 0.3) is 0 Å². The third-order valence-corrected chi connectivity index (χ3v) is 4.21. The lowest BCUT2D eigenvalue weighted by atomic mass is 10.3. The molecular formula is C19H24N4O3. The van der Waals surface area contributed by atoms with E-state index in [0.29, 0.717) is 31.3 Å². The Labute approximate surface area is 153 Å². The van der Waals surface area contributed by atoms with Crippen LogP contribution in [0.4, 0.5) is 16.3 Å². The van der Waals surface area contributed by atoms with Gasteiger partial charge in [0.15, 0.2) is 0 Å². The Kier molecular flexibility index (Phi) is 5.78. The molecule has 1 N–H and O–H groups in total. The van der Waals surface area contributed by atoms with Crippen LogP contribution in [-0.4, -0.2) is 55.8 Å². The lowest BCUT2D eigenvalue weighted by Gasteiger charge is -2.35. The molecule has 0 atom stereocenters. The van der Waals surface area contributed by atoms with Gasteiger partial charge in [0, 0.05) is 44.0 Å². The van der Waals surface area contributed by atoms with Crippen molar-refractivity contribution < 1.29 is 14.3 Å². The zero-order valence-corrected chi connectivity index (χ0v) is 15.1. The molecular weight excluding hydrogens is 332 g/mol. The van der Waals surface area contributed by atoms with Crippen molar-refractivity contribution in [1.29, 1.82) is 0 Å². The zero-order chi connectivity index (χ0) is 18.4. The van der Waals surface area contributed by atoms with E-state index < -0.39 is 0 Å². The molecule has 2 amide bonds. The van der Waals surface area contributed by atoms with E-state index in [1.165, 1.54) is 0 Å². The Balaban J connectivity index is 1.56. The first-order chi connectivity index (χ1) is 12.7. The first-order valence-corrected chi connectivity index (χ1v) is 8.74. The van der Waals surface area contributed by atoms with E-state index in [0.717, 1.165) is 24.6 Å². The number of amides is 2. The summed E-state index contributed by atoms with van der Waals surface area (Å²) in [4.78, 5) is 21.0. The number of ether oxygens (including phenoxy) is 2. The predicted octanol–water partition coefficient (Wildman–Crippen LogP) is 2.84. The third-order valence-electron chi connectivity index (χ3n) is 4.21. The van der Waals surface area contributed by atoms with Crippen molar-refractivity contribution in [1.82, 2.24) is 9.88 Å². The standard InChI is InChI=1S/C19H24N4O3/c1-3-26-18-9-5-8-17(21-18)22-10-12-23(13-11-22)19(24)20-15-6-4-7-16(14-15)25-2/h4-9,14H,3,10-13H2,1-2H3,(H,20,24). The molecule has 26 heavy (non-hydrogen) atoms. The van der Waals surface area contributed by atoms with E-state index in [4.69, 9.17) is 9.47 Å². The molecule has 0 radical (unpaired) electrons. The molecule has 1 aliphatic heterocycles. The number of rotatable bonds is 5. The highest BCUT2D eigenvalue weighted by atomic mass is 16.5. The largest absolute Gasteiger partial charge is 0.497 e. The van der Waals surface area contributed by atoms with Gasteiger partial charge in [-0.15, -0.1) is 0 Å². The number of benzene rings is 1. The van der Waals surface area contributed by atoms with E-state index in [2.05, 4.69) is 15.2 Å². The molecule has 7 nitrogen and oxygen atoms in total. The van der Waals surface area contributed by atoms with Gasteiger partial charge in [-0.3, -0.25) is 0 Å². The number of urea groups is 1. The lowest BCUT2D eigenvalue weighted by Crippen LogP contribution is -2.50. The van der Waals surface area contributed by atoms with Gasteiger partial charge in [0.2, 0.25) is 5.88 Å². The second kappa shape index (κ2) is 8.42. The average Bonchev–Trinajstić information content (AvgIpc) is 2.69. The van der Waals surface area contributed by atoms with Crippen LogP contribution in [0.3, 0.4) is 0 Å². The van der Waals surface area contributed by atoms with E-state index in [-0.39, 0.29) is 6.03 Å². The Morgan fingerprint density at radius 2 is 1.92 bits per heavy atom. The van der Waals surface area contributed by atoms with E-state index in [9.17, 15) is 4.79 Å². The molecule has 3 rings (SSSR count). The molecule has 1 aromatic carbocycles. The molecule has 1 fully saturated rings. The molecule has 0 bridgehead atoms. The highest BCUT2D eigenvalue weighted by Gasteiger charge is 2.22. The van der Waals surface area contributed by atoms with Crippen LogP contribution in [-0.2, 0) is 0 Å². The summed E-state index contributed by atoms with van der Waals surface area (Å²) < 4.78 is 10.6. The second-order valence-electron chi connectivity index (χ2n) is 5.90. The Bertz CT molecular complexity index is 745. The fourth-order valence-electron chi connectivity index (χ4n) is 2.85. The molecule has 0 saturated carbocycles. The van der Waals surface area contributed by atoms with Gasteiger partial charge in [0.1, 0.15) is 11.6 Å². The van der Waals surface area contributed by atoms with Crippen molar-refractivity contribution in [2.45, 2.75) is 6.92 Å². The number of hydrogen-bond donors (Lipinski definition) is 1. The number of nitrogens with one attached hydrogen (secondary N) is 1. The molecule has 0 spiro atoms. The molecule has 7 heteroatoms. The summed E-state index contributed by atoms with van der Waals surface area (Å²) in [6, 6.07) is 13.0. The van der Waals surface area contributed by atoms with Crippen molar-refractivity contribution in [3.05, 3.63) is 42.5 Å². The average molecular weight is 356 g/mol. The van der Waals surface area contributed by atoms with Crippen molar-refractivity contribution in [3.63, 3.8) is 0 Å². The lowest BCUT2D eigenvalue weighted by molar-refractivity contribution is 0.208. The Morgan fingerprint density at radius 3 is 2.65 bits per heavy atom. The Morgan fingerprint density at radius 1 is 1.15 bits per heavy atom. The molecule has 1 aromatic heterocycles. The minimum absolute atomic E-state index is 0.103. The van der Waals surface area contributed by atoms with Gasteiger partial charge in [0.05, 0.1) is 13.7 Å². The number of piperazine rings is 1. The van der Waals surface area contributed by atoms with Crippen molar-refractivity contribution in [2.75, 3.05) is 50.1 Å². The maximum absolute atomic E-state index is 12.5. The number of aromatic nitrogens is 1. The van der Waals surface area contributed by atoms with Gasteiger partial charge >= 0.3 is 6.03 Å². The summed E-state index contributed by atoms with van der Waals surface area (Å²) in [7, 11) is 1.61. The predicted molar refractivity (Wildman–Crippen MR) is 101 cm³/mol. The SMILES string of the molecule is CCOc1cccc(N2CCN(C(=O)Nc3cccc(OC)c3)CC2)n1. The molecule has 2 heterocycles. The quantitative estimate of drug-likeness (QED) is 0.892. The smallest absolute Gasteiger partial charge is 0.321 e. The number of hydrogen-bond acceptors (Lipinski definition) is 5. The monoisotopic (exact) mass is 356 g/mol. The zero-order valence-electron chi connectivity index (χ0n) is 15.1. The number of anilines is 2. The third kappa shape index (κ3) is 4.36. The van der Waals surface area contributed by atoms with Crippen LogP contribution in [0.2, 0.25) is 0 Å². The van der Waals surface area contributed by atoms with Gasteiger partial charge in [0.25, 0.3) is 0 Å². The van der Waals surface area contributed by atoms with E-state index in [1.54, 1.807) is 13.2 Å². The summed E-state index contributed by atoms with van der Waals surface area (Å²) in [6.07, 6.45) is 0. The second-order valence-corrected chi connectivity index (χ2v) is 5.90. The van der Waals surface area contributed by atoms with Crippen LogP contribution in [0.1, 0.15) is 6.92 Å². The number of carbonyl (C=O) groups excluding carboxylic acids is 1. The Hall–Kier alpha value is -2.96. The van der Waals surface area contributed by atoms with Crippen LogP contribution in [0.15, 0.2) is 42.5 Å². The first kappa shape index (κ1) is 17.8. The number of nitrogens with zero attached hydrogens (tertiary/aromatic N) is 3. The highest BCUT2D eigenvalue weighted by molar-refractivity contribution is 5.89. The number of methoxy groups -OCH3 is 1. The van der Waals surface area contributed by atoms with Gasteiger partial charge in [-0.1, -0.05) is 12.1 Å². The maximum atomic E-state index is 12.5. The van der Waals surface area contributed by atoms with Crippen LogP contribution < -0.4 is 19.7 Å². The minimum Gasteiger partial charge on any atom is -0.497 e. The summed E-state index contributed by atoms with van der Waals surface area (Å²) in [5.41, 5.74) is 0.725. The summed E-state index contributed by atoms with van der Waals surface area (Å²) in [5.74, 6) is 2.22. The molecule has 0 unspecified atom stereocenters. The van der Waals surface area contributed by atoms with Gasteiger partial charge in [-0.25, -0.2) is 4.79 Å². The molecule has 1 aliphatic rings. The van der Waals surface area contributed by atoms with Crippen LogP contribution >= 0.6 is 0 Å². The molecule has 138 valence electrons. The summed E-state index contributed by atoms with van der Waals surface area (Å²) in [5, 5.41) is 2.92. The number of pyridine rings is 1. The maximum Gasteiger partial charge on any atom is 0.321 e. The summed E-state index contributed by atoms with van der Waals surface area (Å²) in [6.45, 7) is 5.26. The number of carbonyl (C=O) groups is 1. The van der Waals surface area contributed by atoms with Crippen molar-refractivity contribution >= 4 is 17.5 Å². The summed E-state index contributed by atoms with van der Waals surface area (Å²) >= 11 is 0. The first-order valence-electron chi connectivity index (χ1n) is 8.74. The van der Waals surface area contributed by atoms with E-state index in [1.807, 2.05) is 48.2 Å². The van der Waals surface area contributed by atoms with Crippen molar-refractivity contribution in [3.8, 4) is 11.6 Å². The molecule has 2 aromatic rings. The van der Waals surface area contributed by atoms with Crippen molar-refractivity contribution in [2.24, 2.45) is 0 Å². The topological polar surface area (TPSA) is 66.9 Å². The van der Waals surface area contributed by atoms with Gasteiger partial charge in [-0.2, -0.15) is 4.98 Å². The van der Waals surface area contributed by atoms with Gasteiger partial charge < -0.3 is 24.6 Å². The van der Waals surface area contributed by atoms with Crippen LogP contribution in [0.5, 0.6) is 11.6 Å². The fraction of sp³-hybridized carbons (Fsp3) is 0.368. The molecule has 0 aliphatic carbocycles. The fourth-order valence-corrected chi connectivity index (χ4v) is 2.85. The highest BCUT2D eigenvalue weighted by Crippen LogP contribution is 2.19. The van der Waals surface area contributed by atoms with E-state index >= 15 is 0 Å². The van der Waals surface area contributed by atoms with Gasteiger partial charge in [-0.05, 0) is 25.1 Å².